The van der Waals surface area contributed by atoms with Crippen LogP contribution in [0, 0.1) is 5.82 Å². The van der Waals surface area contributed by atoms with Crippen LogP contribution in [0.2, 0.25) is 0 Å². The van der Waals surface area contributed by atoms with E-state index in [-0.39, 0.29) is 11.7 Å². The van der Waals surface area contributed by atoms with E-state index in [1.807, 2.05) is 24.3 Å². The van der Waals surface area contributed by atoms with Crippen LogP contribution >= 0.6 is 0 Å². The second-order valence-electron chi connectivity index (χ2n) is 5.08. The number of rotatable bonds is 4. The smallest absolute Gasteiger partial charge is 0.265 e. The van der Waals surface area contributed by atoms with Gasteiger partial charge in [0.25, 0.3) is 5.91 Å². The van der Waals surface area contributed by atoms with Crippen LogP contribution in [0.4, 0.5) is 10.1 Å². The monoisotopic (exact) mass is 310 g/mol. The van der Waals surface area contributed by atoms with Gasteiger partial charge in [-0.2, -0.15) is 0 Å². The molecule has 3 rings (SSSR count). The molecule has 0 saturated heterocycles. The highest BCUT2D eigenvalue weighted by molar-refractivity contribution is 6.01. The number of halogens is 1. The lowest BCUT2D eigenvalue weighted by molar-refractivity contribution is -0.122. The number of hydrogen-bond acceptors (Lipinski definition) is 3. The lowest BCUT2D eigenvalue weighted by Gasteiger charge is -2.15. The summed E-state index contributed by atoms with van der Waals surface area (Å²) in [6.07, 6.45) is 0.954. The summed E-state index contributed by atoms with van der Waals surface area (Å²) in [6.45, 7) is 1.64. The van der Waals surface area contributed by atoms with Crippen molar-refractivity contribution in [2.45, 2.75) is 13.0 Å². The molecule has 4 nitrogen and oxygen atoms in total. The molecule has 0 radical (unpaired) electrons. The molecule has 1 heterocycles. The number of fused-ring (bicyclic) bond motifs is 1. The van der Waals surface area contributed by atoms with E-state index in [9.17, 15) is 9.18 Å². The molecule has 23 heavy (non-hydrogen) atoms. The molecule has 1 aromatic heterocycles. The SMILES string of the molecule is C[C@@H](Oc1ccc(F)cc1)C(=O)Nc1cccc2cccnc12. The minimum Gasteiger partial charge on any atom is -0.481 e. The van der Waals surface area contributed by atoms with E-state index in [4.69, 9.17) is 4.74 Å². The van der Waals surface area contributed by atoms with Crippen LogP contribution in [0.5, 0.6) is 5.75 Å². The Balaban J connectivity index is 1.74. The van der Waals surface area contributed by atoms with Gasteiger partial charge in [-0.1, -0.05) is 18.2 Å². The van der Waals surface area contributed by atoms with Gasteiger partial charge in [0.2, 0.25) is 0 Å². The van der Waals surface area contributed by atoms with Gasteiger partial charge >= 0.3 is 0 Å². The number of benzene rings is 2. The standard InChI is InChI=1S/C18H15FN2O2/c1-12(23-15-9-7-14(19)8-10-15)18(22)21-16-6-2-4-13-5-3-11-20-17(13)16/h2-12H,1H3,(H,21,22)/t12-/m1/s1. The van der Waals surface area contributed by atoms with Crippen LogP contribution in [0.25, 0.3) is 10.9 Å². The maximum Gasteiger partial charge on any atom is 0.265 e. The van der Waals surface area contributed by atoms with E-state index in [0.717, 1.165) is 10.9 Å². The summed E-state index contributed by atoms with van der Waals surface area (Å²) >= 11 is 0. The first-order valence-corrected chi connectivity index (χ1v) is 7.20. The van der Waals surface area contributed by atoms with Gasteiger partial charge < -0.3 is 10.1 Å². The van der Waals surface area contributed by atoms with Gasteiger partial charge in [0.05, 0.1) is 11.2 Å². The van der Waals surface area contributed by atoms with Crippen LogP contribution in [0.3, 0.4) is 0 Å². The minimum absolute atomic E-state index is 0.299. The molecule has 0 aliphatic carbocycles. The molecule has 0 fully saturated rings. The highest BCUT2D eigenvalue weighted by Crippen LogP contribution is 2.21. The van der Waals surface area contributed by atoms with Crippen molar-refractivity contribution in [1.82, 2.24) is 4.98 Å². The molecule has 0 saturated carbocycles. The number of carbonyl (C=O) groups is 1. The van der Waals surface area contributed by atoms with E-state index < -0.39 is 6.10 Å². The van der Waals surface area contributed by atoms with Crippen molar-refractivity contribution in [3.63, 3.8) is 0 Å². The molecule has 1 N–H and O–H groups in total. The highest BCUT2D eigenvalue weighted by atomic mass is 19.1. The van der Waals surface area contributed by atoms with Gasteiger partial charge in [0.1, 0.15) is 11.6 Å². The number of nitrogens with one attached hydrogen (secondary N) is 1. The summed E-state index contributed by atoms with van der Waals surface area (Å²) < 4.78 is 18.4. The summed E-state index contributed by atoms with van der Waals surface area (Å²) in [6, 6.07) is 14.9. The number of aromatic nitrogens is 1. The Kier molecular flexibility index (Phi) is 4.19. The molecule has 0 bridgehead atoms. The summed E-state index contributed by atoms with van der Waals surface area (Å²) in [5, 5.41) is 3.76. The van der Waals surface area contributed by atoms with Gasteiger partial charge in [-0.05, 0) is 43.3 Å². The van der Waals surface area contributed by atoms with Crippen LogP contribution in [-0.2, 0) is 4.79 Å². The normalized spacial score (nSPS) is 11.9. The first kappa shape index (κ1) is 15.0. The van der Waals surface area contributed by atoms with Crippen molar-refractivity contribution in [2.24, 2.45) is 0 Å². The lowest BCUT2D eigenvalue weighted by Crippen LogP contribution is -2.30. The molecular weight excluding hydrogens is 295 g/mol. The number of ether oxygens (including phenoxy) is 1. The minimum atomic E-state index is -0.723. The highest BCUT2D eigenvalue weighted by Gasteiger charge is 2.16. The second kappa shape index (κ2) is 6.44. The van der Waals surface area contributed by atoms with Crippen molar-refractivity contribution >= 4 is 22.5 Å². The fourth-order valence-electron chi connectivity index (χ4n) is 2.21. The molecule has 1 amide bonds. The van der Waals surface area contributed by atoms with Crippen LogP contribution in [0.15, 0.2) is 60.8 Å². The number of anilines is 1. The maximum absolute atomic E-state index is 12.9. The second-order valence-corrected chi connectivity index (χ2v) is 5.08. The van der Waals surface area contributed by atoms with Gasteiger partial charge in [-0.25, -0.2) is 4.39 Å². The average molecular weight is 310 g/mol. The first-order valence-electron chi connectivity index (χ1n) is 7.20. The number of para-hydroxylation sites is 1. The molecule has 116 valence electrons. The summed E-state index contributed by atoms with van der Waals surface area (Å²) in [7, 11) is 0. The molecule has 0 unspecified atom stereocenters. The Morgan fingerprint density at radius 2 is 1.87 bits per heavy atom. The Morgan fingerprint density at radius 1 is 1.13 bits per heavy atom. The Morgan fingerprint density at radius 3 is 2.65 bits per heavy atom. The van der Waals surface area contributed by atoms with Gasteiger partial charge in [0, 0.05) is 11.6 Å². The third-order valence-electron chi connectivity index (χ3n) is 3.39. The number of nitrogens with zero attached hydrogens (tertiary/aromatic N) is 1. The average Bonchev–Trinajstić information content (AvgIpc) is 2.57. The van der Waals surface area contributed by atoms with E-state index >= 15 is 0 Å². The topological polar surface area (TPSA) is 51.2 Å². The fraction of sp³-hybridized carbons (Fsp3) is 0.111. The Labute approximate surface area is 132 Å². The maximum atomic E-state index is 12.9. The third-order valence-corrected chi connectivity index (χ3v) is 3.39. The Bertz CT molecular complexity index is 829. The van der Waals surface area contributed by atoms with Gasteiger partial charge in [0.15, 0.2) is 6.10 Å². The molecule has 5 heteroatoms. The fourth-order valence-corrected chi connectivity index (χ4v) is 2.21. The van der Waals surface area contributed by atoms with Crippen molar-refractivity contribution in [3.8, 4) is 5.75 Å². The van der Waals surface area contributed by atoms with Crippen molar-refractivity contribution < 1.29 is 13.9 Å². The van der Waals surface area contributed by atoms with E-state index in [0.29, 0.717) is 11.4 Å². The summed E-state index contributed by atoms with van der Waals surface area (Å²) in [5.74, 6) is -0.214. The predicted molar refractivity (Wildman–Crippen MR) is 86.9 cm³/mol. The molecule has 2 aromatic carbocycles. The quantitative estimate of drug-likeness (QED) is 0.798. The van der Waals surface area contributed by atoms with Crippen LogP contribution in [0.1, 0.15) is 6.92 Å². The molecule has 0 aliphatic rings. The zero-order valence-corrected chi connectivity index (χ0v) is 12.5. The van der Waals surface area contributed by atoms with Crippen LogP contribution < -0.4 is 10.1 Å². The van der Waals surface area contributed by atoms with Crippen molar-refractivity contribution in [3.05, 3.63) is 66.6 Å². The number of pyridine rings is 1. The predicted octanol–water partition coefficient (Wildman–Crippen LogP) is 3.78. The number of hydrogen-bond donors (Lipinski definition) is 1. The molecule has 0 aliphatic heterocycles. The van der Waals surface area contributed by atoms with Crippen molar-refractivity contribution in [2.75, 3.05) is 5.32 Å². The van der Waals surface area contributed by atoms with E-state index in [2.05, 4.69) is 10.3 Å². The number of carbonyl (C=O) groups excluding carboxylic acids is 1. The molecule has 0 spiro atoms. The van der Waals surface area contributed by atoms with E-state index in [1.165, 1.54) is 24.3 Å². The zero-order chi connectivity index (χ0) is 16.2. The number of amides is 1. The van der Waals surface area contributed by atoms with Gasteiger partial charge in [-0.15, -0.1) is 0 Å². The summed E-state index contributed by atoms with van der Waals surface area (Å²) in [4.78, 5) is 16.6. The van der Waals surface area contributed by atoms with E-state index in [1.54, 1.807) is 19.2 Å². The third kappa shape index (κ3) is 3.45. The first-order chi connectivity index (χ1) is 11.1. The van der Waals surface area contributed by atoms with Crippen molar-refractivity contribution in [1.29, 1.82) is 0 Å². The lowest BCUT2D eigenvalue weighted by atomic mass is 10.2. The zero-order valence-electron chi connectivity index (χ0n) is 12.5. The molecule has 3 aromatic rings. The van der Waals surface area contributed by atoms with Gasteiger partial charge in [-0.3, -0.25) is 9.78 Å². The molecule has 1 atom stereocenters. The largest absolute Gasteiger partial charge is 0.481 e. The molecular formula is C18H15FN2O2. The van der Waals surface area contributed by atoms with Crippen LogP contribution in [-0.4, -0.2) is 17.0 Å². The Hall–Kier alpha value is -2.95. The summed E-state index contributed by atoms with van der Waals surface area (Å²) in [5.41, 5.74) is 1.35.